The number of nitrogens with zero attached hydrogens (tertiary/aromatic N) is 3. The minimum Gasteiger partial charge on any atom is -0.484 e. The van der Waals surface area contributed by atoms with Crippen LogP contribution in [-0.4, -0.2) is 52.4 Å². The number of rotatable bonds is 14. The summed E-state index contributed by atoms with van der Waals surface area (Å²) in [6.07, 6.45) is 4.73. The quantitative estimate of drug-likeness (QED) is 0.255. The molecule has 0 aliphatic heterocycles. The summed E-state index contributed by atoms with van der Waals surface area (Å²) in [7, 11) is 0. The third-order valence-electron chi connectivity index (χ3n) is 5.95. The number of unbranched alkanes of at least 4 members (excludes halogenated alkanes) is 1. The maximum absolute atomic E-state index is 13.4. The van der Waals surface area contributed by atoms with Gasteiger partial charge in [-0.25, -0.2) is 0 Å². The first kappa shape index (κ1) is 27.5. The highest BCUT2D eigenvalue weighted by Gasteiger charge is 2.22. The average Bonchev–Trinajstić information content (AvgIpc) is 3.33. The molecule has 0 saturated heterocycles. The lowest BCUT2D eigenvalue weighted by Gasteiger charge is -2.28. The largest absolute Gasteiger partial charge is 0.484 e. The van der Waals surface area contributed by atoms with Crippen LogP contribution in [0.25, 0.3) is 0 Å². The van der Waals surface area contributed by atoms with Gasteiger partial charge in [0.15, 0.2) is 6.61 Å². The molecule has 0 aliphatic carbocycles. The first-order chi connectivity index (χ1) is 17.5. The molecule has 1 aromatic heterocycles. The average molecular weight is 555 g/mol. The molecule has 6 nitrogen and oxygen atoms in total. The summed E-state index contributed by atoms with van der Waals surface area (Å²) in [5.41, 5.74) is 2.27. The van der Waals surface area contributed by atoms with Crippen LogP contribution in [0.1, 0.15) is 44.4 Å². The molecule has 0 bridgehead atoms. The van der Waals surface area contributed by atoms with Crippen LogP contribution in [0, 0.1) is 0 Å². The molecule has 0 atom stereocenters. The van der Waals surface area contributed by atoms with Gasteiger partial charge in [-0.15, -0.1) is 0 Å². The maximum Gasteiger partial charge on any atom is 0.260 e. The molecule has 0 N–H and O–H groups in total. The number of hydrogen-bond donors (Lipinski definition) is 0. The number of carbonyl (C=O) groups is 2. The monoisotopic (exact) mass is 553 g/mol. The molecule has 0 fully saturated rings. The standard InChI is InChI=1S/C29H36BrN3O3/c1-3-5-18-33(21-26-10-9-19-31(26)20-24-13-15-25(30)16-14-24)28(34)22-32(17-4-2)29(35)23-36-27-11-7-6-8-12-27/h6-16,19H,3-5,17-18,20-23H2,1-2H3. The Balaban J connectivity index is 1.66. The van der Waals surface area contributed by atoms with Crippen molar-refractivity contribution < 1.29 is 14.3 Å². The Kier molecular flexibility index (Phi) is 11.1. The maximum atomic E-state index is 13.4. The number of para-hydroxylation sites is 1. The van der Waals surface area contributed by atoms with Crippen molar-refractivity contribution in [2.24, 2.45) is 0 Å². The van der Waals surface area contributed by atoms with E-state index >= 15 is 0 Å². The van der Waals surface area contributed by atoms with E-state index < -0.39 is 0 Å². The van der Waals surface area contributed by atoms with Crippen LogP contribution in [0.15, 0.2) is 77.4 Å². The summed E-state index contributed by atoms with van der Waals surface area (Å²) in [5.74, 6) is 0.425. The minimum absolute atomic E-state index is 0.0404. The summed E-state index contributed by atoms with van der Waals surface area (Å²) in [6.45, 7) is 6.53. The second kappa shape index (κ2) is 14.5. The van der Waals surface area contributed by atoms with E-state index in [1.54, 1.807) is 4.90 Å². The lowest BCUT2D eigenvalue weighted by atomic mass is 10.2. The molecule has 0 unspecified atom stereocenters. The smallest absolute Gasteiger partial charge is 0.260 e. The summed E-state index contributed by atoms with van der Waals surface area (Å²) in [6, 6.07) is 21.6. The van der Waals surface area contributed by atoms with E-state index in [0.29, 0.717) is 25.4 Å². The molecule has 0 spiro atoms. The number of benzene rings is 2. The van der Waals surface area contributed by atoms with Gasteiger partial charge < -0.3 is 19.1 Å². The Morgan fingerprint density at radius 1 is 0.861 bits per heavy atom. The third-order valence-corrected chi connectivity index (χ3v) is 6.48. The van der Waals surface area contributed by atoms with Gasteiger partial charge in [0.25, 0.3) is 5.91 Å². The van der Waals surface area contributed by atoms with Gasteiger partial charge in [-0.2, -0.15) is 0 Å². The first-order valence-corrected chi connectivity index (χ1v) is 13.4. The third kappa shape index (κ3) is 8.55. The molecule has 36 heavy (non-hydrogen) atoms. The zero-order chi connectivity index (χ0) is 25.8. The highest BCUT2D eigenvalue weighted by molar-refractivity contribution is 9.10. The van der Waals surface area contributed by atoms with Crippen molar-refractivity contribution in [2.75, 3.05) is 26.2 Å². The Morgan fingerprint density at radius 2 is 1.61 bits per heavy atom. The molecule has 0 aliphatic rings. The highest BCUT2D eigenvalue weighted by atomic mass is 79.9. The molecule has 192 valence electrons. The van der Waals surface area contributed by atoms with Crippen LogP contribution in [0.2, 0.25) is 0 Å². The van der Waals surface area contributed by atoms with E-state index in [1.165, 1.54) is 5.56 Å². The molecular formula is C29H36BrN3O3. The Hall–Kier alpha value is -3.06. The van der Waals surface area contributed by atoms with Crippen LogP contribution in [0.3, 0.4) is 0 Å². The van der Waals surface area contributed by atoms with Gasteiger partial charge in [0.1, 0.15) is 5.75 Å². The van der Waals surface area contributed by atoms with E-state index in [1.807, 2.05) is 66.6 Å². The zero-order valence-electron chi connectivity index (χ0n) is 21.2. The van der Waals surface area contributed by atoms with Gasteiger partial charge in [-0.05, 0) is 54.8 Å². The molecule has 0 radical (unpaired) electrons. The van der Waals surface area contributed by atoms with Crippen molar-refractivity contribution in [2.45, 2.75) is 46.2 Å². The van der Waals surface area contributed by atoms with E-state index in [2.05, 4.69) is 45.6 Å². The lowest BCUT2D eigenvalue weighted by Crippen LogP contribution is -2.45. The van der Waals surface area contributed by atoms with Crippen molar-refractivity contribution in [3.05, 3.63) is 88.7 Å². The fraction of sp³-hybridized carbons (Fsp3) is 0.379. The van der Waals surface area contributed by atoms with E-state index in [-0.39, 0.29) is 25.0 Å². The van der Waals surface area contributed by atoms with E-state index in [4.69, 9.17) is 4.74 Å². The summed E-state index contributed by atoms with van der Waals surface area (Å²) in [4.78, 5) is 29.8. The highest BCUT2D eigenvalue weighted by Crippen LogP contribution is 2.15. The van der Waals surface area contributed by atoms with Crippen molar-refractivity contribution in [3.63, 3.8) is 0 Å². The molecule has 2 amide bonds. The van der Waals surface area contributed by atoms with Gasteiger partial charge in [-0.3, -0.25) is 9.59 Å². The van der Waals surface area contributed by atoms with Crippen molar-refractivity contribution in [1.29, 1.82) is 0 Å². The number of halogens is 1. The van der Waals surface area contributed by atoms with Crippen molar-refractivity contribution >= 4 is 27.7 Å². The van der Waals surface area contributed by atoms with Gasteiger partial charge >= 0.3 is 0 Å². The zero-order valence-corrected chi connectivity index (χ0v) is 22.8. The first-order valence-electron chi connectivity index (χ1n) is 12.6. The summed E-state index contributed by atoms with van der Waals surface area (Å²) in [5, 5.41) is 0. The predicted molar refractivity (Wildman–Crippen MR) is 147 cm³/mol. The molecule has 0 saturated carbocycles. The van der Waals surface area contributed by atoms with E-state index in [0.717, 1.165) is 36.0 Å². The second-order valence-electron chi connectivity index (χ2n) is 8.84. The molecule has 3 aromatic rings. The van der Waals surface area contributed by atoms with E-state index in [9.17, 15) is 9.59 Å². The van der Waals surface area contributed by atoms with Crippen molar-refractivity contribution in [3.8, 4) is 5.75 Å². The number of aromatic nitrogens is 1. The number of ether oxygens (including phenoxy) is 1. The Bertz CT molecular complexity index is 1080. The summed E-state index contributed by atoms with van der Waals surface area (Å²) < 4.78 is 8.87. The van der Waals surface area contributed by atoms with Gasteiger partial charge in [-0.1, -0.05) is 66.5 Å². The topological polar surface area (TPSA) is 54.8 Å². The summed E-state index contributed by atoms with van der Waals surface area (Å²) >= 11 is 3.49. The fourth-order valence-corrected chi connectivity index (χ4v) is 4.21. The van der Waals surface area contributed by atoms with Crippen molar-refractivity contribution in [1.82, 2.24) is 14.4 Å². The normalized spacial score (nSPS) is 10.8. The van der Waals surface area contributed by atoms with Crippen LogP contribution < -0.4 is 4.74 Å². The van der Waals surface area contributed by atoms with Gasteiger partial charge in [0, 0.05) is 36.0 Å². The van der Waals surface area contributed by atoms with Gasteiger partial charge in [0.05, 0.1) is 13.1 Å². The Labute approximate surface area is 223 Å². The Morgan fingerprint density at radius 3 is 2.31 bits per heavy atom. The molecule has 1 heterocycles. The SMILES string of the molecule is CCCCN(Cc1cccn1Cc1ccc(Br)cc1)C(=O)CN(CCC)C(=O)COc1ccccc1. The van der Waals surface area contributed by atoms with Crippen LogP contribution in [-0.2, 0) is 22.7 Å². The molecule has 3 rings (SSSR count). The number of amides is 2. The lowest BCUT2D eigenvalue weighted by molar-refractivity contribution is -0.142. The second-order valence-corrected chi connectivity index (χ2v) is 9.76. The van der Waals surface area contributed by atoms with Crippen LogP contribution >= 0.6 is 15.9 Å². The number of carbonyl (C=O) groups excluding carboxylic acids is 2. The fourth-order valence-electron chi connectivity index (χ4n) is 3.95. The molecule has 2 aromatic carbocycles. The predicted octanol–water partition coefficient (Wildman–Crippen LogP) is 5.75. The molecule has 7 heteroatoms. The van der Waals surface area contributed by atoms with Crippen LogP contribution in [0.4, 0.5) is 0 Å². The van der Waals surface area contributed by atoms with Crippen LogP contribution in [0.5, 0.6) is 5.75 Å². The number of hydrogen-bond acceptors (Lipinski definition) is 3. The molecular weight excluding hydrogens is 518 g/mol. The minimum atomic E-state index is -0.178. The van der Waals surface area contributed by atoms with Gasteiger partial charge in [0.2, 0.25) is 5.91 Å².